The number of benzene rings is 1. The van der Waals surface area contributed by atoms with E-state index in [-0.39, 0.29) is 24.8 Å². The Morgan fingerprint density at radius 1 is 1.13 bits per heavy atom. The zero-order valence-electron chi connectivity index (χ0n) is 17.2. The first-order chi connectivity index (χ1) is 14.5. The van der Waals surface area contributed by atoms with Gasteiger partial charge < -0.3 is 19.5 Å². The Balaban J connectivity index is 1.54. The number of carbonyl (C=O) groups excluding carboxylic acids is 2. The highest BCUT2D eigenvalue weighted by Crippen LogP contribution is 2.38. The van der Waals surface area contributed by atoms with E-state index in [4.69, 9.17) is 14.2 Å². The van der Waals surface area contributed by atoms with Crippen LogP contribution >= 0.6 is 11.3 Å². The average Bonchev–Trinajstić information content (AvgIpc) is 3.23. The van der Waals surface area contributed by atoms with Crippen molar-refractivity contribution in [3.05, 3.63) is 45.8 Å². The van der Waals surface area contributed by atoms with Crippen LogP contribution in [0.2, 0.25) is 0 Å². The van der Waals surface area contributed by atoms with Crippen molar-refractivity contribution >= 4 is 34.3 Å². The minimum absolute atomic E-state index is 0.210. The van der Waals surface area contributed by atoms with E-state index in [0.717, 1.165) is 43.2 Å². The van der Waals surface area contributed by atoms with E-state index in [2.05, 4.69) is 5.32 Å². The molecule has 7 heteroatoms. The third-order valence-electron chi connectivity index (χ3n) is 5.03. The Morgan fingerprint density at radius 3 is 2.77 bits per heavy atom. The largest absolute Gasteiger partial charge is 0.459 e. The van der Waals surface area contributed by atoms with Crippen LogP contribution in [0.3, 0.4) is 0 Å². The van der Waals surface area contributed by atoms with E-state index in [0.29, 0.717) is 22.1 Å². The summed E-state index contributed by atoms with van der Waals surface area (Å²) in [6.07, 6.45) is 8.03. The fourth-order valence-corrected chi connectivity index (χ4v) is 4.94. The topological polar surface area (TPSA) is 73.9 Å². The number of aryl methyl sites for hydroxylation is 1. The number of ether oxygens (including phenoxy) is 3. The van der Waals surface area contributed by atoms with E-state index < -0.39 is 0 Å². The molecule has 6 nitrogen and oxygen atoms in total. The summed E-state index contributed by atoms with van der Waals surface area (Å²) >= 11 is 1.49. The molecule has 30 heavy (non-hydrogen) atoms. The molecule has 0 atom stereocenters. The SMILES string of the molecule is CC(C)OC(=O)c1c(NC(=O)C=Cc2ccc3c(c2)OCO3)sc2c1CCCCC2. The summed E-state index contributed by atoms with van der Waals surface area (Å²) in [5.74, 6) is 0.713. The quantitative estimate of drug-likeness (QED) is 0.415. The predicted octanol–water partition coefficient (Wildman–Crippen LogP) is 4.96. The highest BCUT2D eigenvalue weighted by atomic mass is 32.1. The first kappa shape index (κ1) is 20.5. The second kappa shape index (κ2) is 8.92. The van der Waals surface area contributed by atoms with Gasteiger partial charge in [0.2, 0.25) is 12.7 Å². The van der Waals surface area contributed by atoms with Gasteiger partial charge >= 0.3 is 5.97 Å². The van der Waals surface area contributed by atoms with Gasteiger partial charge in [0, 0.05) is 11.0 Å². The van der Waals surface area contributed by atoms with Gasteiger partial charge in [0.1, 0.15) is 5.00 Å². The van der Waals surface area contributed by atoms with Crippen LogP contribution in [0.4, 0.5) is 5.00 Å². The van der Waals surface area contributed by atoms with Crippen molar-refractivity contribution in [2.45, 2.75) is 52.1 Å². The fraction of sp³-hybridized carbons (Fsp3) is 0.391. The lowest BCUT2D eigenvalue weighted by Gasteiger charge is -2.11. The third-order valence-corrected chi connectivity index (χ3v) is 6.24. The lowest BCUT2D eigenvalue weighted by atomic mass is 10.1. The number of hydrogen-bond acceptors (Lipinski definition) is 6. The standard InChI is InChI=1S/C23H25NO5S/c1-14(2)29-23(26)21-16-6-4-3-5-7-19(16)30-22(21)24-20(25)11-9-15-8-10-17-18(12-15)28-13-27-17/h8-12,14H,3-7,13H2,1-2H3,(H,24,25). The molecule has 1 N–H and O–H groups in total. The number of nitrogens with one attached hydrogen (secondary N) is 1. The van der Waals surface area contributed by atoms with Crippen molar-refractivity contribution in [3.8, 4) is 11.5 Å². The van der Waals surface area contributed by atoms with Gasteiger partial charge in [-0.2, -0.15) is 0 Å². The number of esters is 1. The molecule has 2 heterocycles. The zero-order valence-corrected chi connectivity index (χ0v) is 18.0. The number of rotatable bonds is 5. The molecule has 2 aliphatic rings. The van der Waals surface area contributed by atoms with Gasteiger partial charge in [-0.05, 0) is 68.9 Å². The summed E-state index contributed by atoms with van der Waals surface area (Å²) in [6.45, 7) is 3.87. The number of fused-ring (bicyclic) bond motifs is 2. The van der Waals surface area contributed by atoms with Crippen LogP contribution in [0, 0.1) is 0 Å². The highest BCUT2D eigenvalue weighted by molar-refractivity contribution is 7.17. The van der Waals surface area contributed by atoms with Gasteiger partial charge in [-0.1, -0.05) is 12.5 Å². The van der Waals surface area contributed by atoms with E-state index in [9.17, 15) is 9.59 Å². The van der Waals surface area contributed by atoms with Crippen molar-refractivity contribution in [1.82, 2.24) is 0 Å². The minimum Gasteiger partial charge on any atom is -0.459 e. The maximum Gasteiger partial charge on any atom is 0.341 e. The summed E-state index contributed by atoms with van der Waals surface area (Å²) in [4.78, 5) is 26.6. The molecular formula is C23H25NO5S. The zero-order chi connectivity index (χ0) is 21.1. The average molecular weight is 428 g/mol. The van der Waals surface area contributed by atoms with E-state index in [1.165, 1.54) is 22.3 Å². The number of amides is 1. The van der Waals surface area contributed by atoms with Crippen molar-refractivity contribution in [2.75, 3.05) is 12.1 Å². The van der Waals surface area contributed by atoms with Gasteiger partial charge in [-0.25, -0.2) is 4.79 Å². The Morgan fingerprint density at radius 2 is 1.93 bits per heavy atom. The van der Waals surface area contributed by atoms with Crippen LogP contribution in [0.1, 0.15) is 59.5 Å². The van der Waals surface area contributed by atoms with Crippen LogP contribution in [0.5, 0.6) is 11.5 Å². The maximum atomic E-state index is 12.8. The number of anilines is 1. The Labute approximate surface area is 179 Å². The van der Waals surface area contributed by atoms with Crippen LogP contribution in [-0.4, -0.2) is 24.8 Å². The van der Waals surface area contributed by atoms with Crippen molar-refractivity contribution in [1.29, 1.82) is 0 Å². The minimum atomic E-state index is -0.362. The van der Waals surface area contributed by atoms with Crippen molar-refractivity contribution in [3.63, 3.8) is 0 Å². The summed E-state index contributed by atoms with van der Waals surface area (Å²) in [6, 6.07) is 5.50. The molecule has 0 fully saturated rings. The molecule has 0 bridgehead atoms. The van der Waals surface area contributed by atoms with Crippen LogP contribution < -0.4 is 14.8 Å². The Kier molecular flexibility index (Phi) is 6.08. The van der Waals surface area contributed by atoms with E-state index in [1.807, 2.05) is 32.0 Å². The van der Waals surface area contributed by atoms with Crippen molar-refractivity contribution in [2.24, 2.45) is 0 Å². The van der Waals surface area contributed by atoms with Gasteiger partial charge in [0.25, 0.3) is 0 Å². The van der Waals surface area contributed by atoms with Gasteiger partial charge in [0.05, 0.1) is 11.7 Å². The molecule has 1 aliphatic carbocycles. The Bertz CT molecular complexity index is 992. The number of carbonyl (C=O) groups is 2. The molecule has 1 aromatic heterocycles. The molecule has 2 aromatic rings. The van der Waals surface area contributed by atoms with E-state index in [1.54, 1.807) is 6.08 Å². The third kappa shape index (κ3) is 4.51. The lowest BCUT2D eigenvalue weighted by Crippen LogP contribution is -2.16. The van der Waals surface area contributed by atoms with Crippen LogP contribution in [0.25, 0.3) is 6.08 Å². The Hall–Kier alpha value is -2.80. The molecule has 158 valence electrons. The monoisotopic (exact) mass is 427 g/mol. The number of thiophene rings is 1. The van der Waals surface area contributed by atoms with Crippen LogP contribution in [-0.2, 0) is 22.4 Å². The van der Waals surface area contributed by atoms with E-state index >= 15 is 0 Å². The molecule has 0 unspecified atom stereocenters. The summed E-state index contributed by atoms with van der Waals surface area (Å²) in [5.41, 5.74) is 2.39. The van der Waals surface area contributed by atoms with Gasteiger partial charge in [-0.3, -0.25) is 4.79 Å². The fourth-order valence-electron chi connectivity index (χ4n) is 3.66. The molecule has 0 saturated heterocycles. The van der Waals surface area contributed by atoms with Crippen molar-refractivity contribution < 1.29 is 23.8 Å². The molecule has 1 amide bonds. The van der Waals surface area contributed by atoms with Gasteiger partial charge in [-0.15, -0.1) is 11.3 Å². The summed E-state index contributed by atoms with van der Waals surface area (Å²) < 4.78 is 16.1. The van der Waals surface area contributed by atoms with Crippen LogP contribution in [0.15, 0.2) is 24.3 Å². The predicted molar refractivity (Wildman–Crippen MR) is 116 cm³/mol. The second-order valence-electron chi connectivity index (χ2n) is 7.66. The maximum absolute atomic E-state index is 12.8. The molecule has 0 spiro atoms. The summed E-state index contributed by atoms with van der Waals surface area (Å²) in [7, 11) is 0. The molecule has 4 rings (SSSR count). The normalized spacial score (nSPS) is 15.2. The first-order valence-corrected chi connectivity index (χ1v) is 11.1. The second-order valence-corrected chi connectivity index (χ2v) is 8.76. The molecule has 0 saturated carbocycles. The number of hydrogen-bond donors (Lipinski definition) is 1. The summed E-state index contributed by atoms with van der Waals surface area (Å²) in [5, 5.41) is 3.48. The molecule has 0 radical (unpaired) electrons. The highest BCUT2D eigenvalue weighted by Gasteiger charge is 2.27. The first-order valence-electron chi connectivity index (χ1n) is 10.3. The van der Waals surface area contributed by atoms with Gasteiger partial charge in [0.15, 0.2) is 11.5 Å². The molecule has 1 aromatic carbocycles. The smallest absolute Gasteiger partial charge is 0.341 e. The lowest BCUT2D eigenvalue weighted by molar-refractivity contribution is -0.111. The molecule has 1 aliphatic heterocycles. The molecular weight excluding hydrogens is 402 g/mol.